The molecule has 0 unspecified atom stereocenters. The van der Waals surface area contributed by atoms with Crippen molar-refractivity contribution in [1.82, 2.24) is 9.78 Å². The van der Waals surface area contributed by atoms with Crippen LogP contribution in [0.15, 0.2) is 35.5 Å². The Labute approximate surface area is 138 Å². The predicted molar refractivity (Wildman–Crippen MR) is 86.5 cm³/mol. The minimum atomic E-state index is -0.591. The quantitative estimate of drug-likeness (QED) is 0.663. The van der Waals surface area contributed by atoms with Crippen LogP contribution in [-0.2, 0) is 11.8 Å². The van der Waals surface area contributed by atoms with Gasteiger partial charge in [-0.1, -0.05) is 0 Å². The first kappa shape index (κ1) is 16.4. The molecular weight excluding hydrogens is 316 g/mol. The van der Waals surface area contributed by atoms with Crippen LogP contribution in [0.1, 0.15) is 18.2 Å². The first-order valence-electron chi connectivity index (χ1n) is 7.66. The number of guanidine groups is 1. The van der Waals surface area contributed by atoms with Crippen molar-refractivity contribution in [3.05, 3.63) is 47.8 Å². The number of anilines is 1. The largest absolute Gasteiger partial charge is 0.372 e. The highest BCUT2D eigenvalue weighted by Crippen LogP contribution is 2.34. The van der Waals surface area contributed by atoms with E-state index in [1.54, 1.807) is 10.9 Å². The summed E-state index contributed by atoms with van der Waals surface area (Å²) in [4.78, 5) is 4.25. The number of benzene rings is 1. The predicted octanol–water partition coefficient (Wildman–Crippen LogP) is 2.20. The minimum Gasteiger partial charge on any atom is -0.372 e. The second-order valence-corrected chi connectivity index (χ2v) is 5.69. The van der Waals surface area contributed by atoms with Crippen LogP contribution in [0.5, 0.6) is 0 Å². The number of ether oxygens (including phenoxy) is 1. The van der Waals surface area contributed by atoms with E-state index in [2.05, 4.69) is 15.4 Å². The number of hydrogen-bond donors (Lipinski definition) is 2. The molecule has 1 aliphatic rings. The number of nitrogens with zero attached hydrogens (tertiary/aromatic N) is 3. The van der Waals surface area contributed by atoms with Gasteiger partial charge in [-0.05, 0) is 24.6 Å². The Bertz CT molecular complexity index is 746. The van der Waals surface area contributed by atoms with Gasteiger partial charge in [0.2, 0.25) is 0 Å². The van der Waals surface area contributed by atoms with E-state index in [1.165, 1.54) is 0 Å². The Kier molecular flexibility index (Phi) is 4.75. The maximum Gasteiger partial charge on any atom is 0.193 e. The van der Waals surface area contributed by atoms with Gasteiger partial charge in [-0.3, -0.25) is 9.67 Å². The van der Waals surface area contributed by atoms with E-state index < -0.39 is 11.6 Å². The number of nitrogens with one attached hydrogen (secondary N) is 1. The molecule has 1 aromatic heterocycles. The molecule has 1 fully saturated rings. The van der Waals surface area contributed by atoms with Crippen LogP contribution in [0, 0.1) is 17.6 Å². The molecule has 0 saturated carbocycles. The fraction of sp³-hybridized carbons (Fsp3) is 0.375. The van der Waals surface area contributed by atoms with Gasteiger partial charge in [-0.25, -0.2) is 8.78 Å². The van der Waals surface area contributed by atoms with Gasteiger partial charge in [-0.15, -0.1) is 0 Å². The van der Waals surface area contributed by atoms with E-state index in [-0.39, 0.29) is 23.7 Å². The normalized spacial score (nSPS) is 21.2. The molecule has 8 heteroatoms. The zero-order valence-corrected chi connectivity index (χ0v) is 13.2. The lowest BCUT2D eigenvalue weighted by molar-refractivity contribution is 0.0859. The summed E-state index contributed by atoms with van der Waals surface area (Å²) in [5.41, 5.74) is 6.73. The van der Waals surface area contributed by atoms with Crippen LogP contribution in [0.25, 0.3) is 0 Å². The lowest BCUT2D eigenvalue weighted by Crippen LogP contribution is -2.25. The topological polar surface area (TPSA) is 77.5 Å². The van der Waals surface area contributed by atoms with Crippen LogP contribution in [0.2, 0.25) is 0 Å². The van der Waals surface area contributed by atoms with Gasteiger partial charge >= 0.3 is 0 Å². The summed E-state index contributed by atoms with van der Waals surface area (Å²) >= 11 is 0. The number of halogens is 2. The third-order valence-corrected chi connectivity index (χ3v) is 4.05. The second-order valence-electron chi connectivity index (χ2n) is 5.69. The van der Waals surface area contributed by atoms with Crippen molar-refractivity contribution in [3.8, 4) is 0 Å². The van der Waals surface area contributed by atoms with Crippen molar-refractivity contribution in [2.75, 3.05) is 18.5 Å². The van der Waals surface area contributed by atoms with E-state index in [0.717, 1.165) is 30.3 Å². The monoisotopic (exact) mass is 335 g/mol. The zero-order valence-electron chi connectivity index (χ0n) is 13.2. The fourth-order valence-corrected chi connectivity index (χ4v) is 2.80. The van der Waals surface area contributed by atoms with Gasteiger partial charge in [0.05, 0.1) is 11.4 Å². The molecule has 3 rings (SSSR count). The molecule has 1 saturated heterocycles. The molecule has 1 aliphatic heterocycles. The minimum absolute atomic E-state index is 0.0372. The van der Waals surface area contributed by atoms with Crippen LogP contribution in [0.4, 0.5) is 14.5 Å². The Morgan fingerprint density at radius 2 is 2.29 bits per heavy atom. The molecule has 0 amide bonds. The molecule has 2 aromatic rings. The van der Waals surface area contributed by atoms with E-state index in [9.17, 15) is 8.78 Å². The van der Waals surface area contributed by atoms with Crippen molar-refractivity contribution in [2.45, 2.75) is 12.5 Å². The molecule has 0 bridgehead atoms. The average molecular weight is 335 g/mol. The highest BCUT2D eigenvalue weighted by atomic mass is 19.1. The number of aromatic nitrogens is 2. The Morgan fingerprint density at radius 3 is 3.04 bits per heavy atom. The van der Waals surface area contributed by atoms with Crippen LogP contribution in [0.3, 0.4) is 0 Å². The van der Waals surface area contributed by atoms with E-state index >= 15 is 0 Å². The smallest absolute Gasteiger partial charge is 0.193 e. The average Bonchev–Trinajstić information content (AvgIpc) is 3.17. The number of rotatable bonds is 4. The number of nitrogens with two attached hydrogens (primary N) is 1. The van der Waals surface area contributed by atoms with Crippen LogP contribution < -0.4 is 11.1 Å². The summed E-state index contributed by atoms with van der Waals surface area (Å²) in [6, 6.07) is 5.03. The summed E-state index contributed by atoms with van der Waals surface area (Å²) in [6.45, 7) is 1.06. The number of aliphatic imine (C=N–C) groups is 1. The Morgan fingerprint density at radius 1 is 1.46 bits per heavy atom. The molecule has 128 valence electrons. The van der Waals surface area contributed by atoms with Crippen molar-refractivity contribution >= 4 is 11.6 Å². The van der Waals surface area contributed by atoms with Crippen molar-refractivity contribution in [1.29, 1.82) is 0 Å². The summed E-state index contributed by atoms with van der Waals surface area (Å²) in [5, 5.41) is 6.74. The van der Waals surface area contributed by atoms with Crippen molar-refractivity contribution < 1.29 is 13.5 Å². The fourth-order valence-electron chi connectivity index (χ4n) is 2.80. The van der Waals surface area contributed by atoms with Gasteiger partial charge in [-0.2, -0.15) is 5.10 Å². The summed E-state index contributed by atoms with van der Waals surface area (Å²) in [6.07, 6.45) is 2.47. The highest BCUT2D eigenvalue weighted by Gasteiger charge is 2.31. The molecule has 0 aliphatic carbocycles. The lowest BCUT2D eigenvalue weighted by atomic mass is 9.99. The van der Waals surface area contributed by atoms with Crippen LogP contribution >= 0.6 is 0 Å². The molecular formula is C16H19F2N5O. The lowest BCUT2D eigenvalue weighted by Gasteiger charge is -2.17. The maximum absolute atomic E-state index is 13.6. The maximum atomic E-state index is 13.6. The molecule has 2 atom stereocenters. The standard InChI is InChI=1S/C16H19F2N5O/c1-23-14(4-6-21-23)15-10(5-7-24-15)9-20-16(19)22-13-8-11(17)2-3-12(13)18/h2-4,6,8,10,15H,5,7,9H2,1H3,(H3,19,20,22)/t10-,15+/m0/s1. The van der Waals surface area contributed by atoms with E-state index in [4.69, 9.17) is 10.5 Å². The van der Waals surface area contributed by atoms with Gasteiger partial charge in [0.1, 0.15) is 17.7 Å². The molecule has 2 heterocycles. The summed E-state index contributed by atoms with van der Waals surface area (Å²) in [7, 11) is 1.86. The number of aryl methyl sites for hydroxylation is 1. The molecule has 1 aromatic carbocycles. The molecule has 24 heavy (non-hydrogen) atoms. The van der Waals surface area contributed by atoms with Crippen molar-refractivity contribution in [2.24, 2.45) is 23.7 Å². The Hall–Kier alpha value is -2.48. The van der Waals surface area contributed by atoms with Gasteiger partial charge in [0.25, 0.3) is 0 Å². The SMILES string of the molecule is Cn1nccc1[C@@H]1OCC[C@H]1CN=C(N)Nc1cc(F)ccc1F. The van der Waals surface area contributed by atoms with E-state index in [0.29, 0.717) is 13.2 Å². The van der Waals surface area contributed by atoms with Crippen LogP contribution in [-0.4, -0.2) is 28.9 Å². The summed E-state index contributed by atoms with van der Waals surface area (Å²) < 4.78 is 34.3. The summed E-state index contributed by atoms with van der Waals surface area (Å²) in [5.74, 6) is -0.952. The number of hydrogen-bond acceptors (Lipinski definition) is 3. The second kappa shape index (κ2) is 6.96. The third-order valence-electron chi connectivity index (χ3n) is 4.05. The van der Waals surface area contributed by atoms with Crippen molar-refractivity contribution in [3.63, 3.8) is 0 Å². The zero-order chi connectivity index (χ0) is 17.1. The molecule has 0 spiro atoms. The Balaban J connectivity index is 1.66. The van der Waals surface area contributed by atoms with Gasteiger partial charge < -0.3 is 15.8 Å². The first-order chi connectivity index (χ1) is 11.5. The molecule has 3 N–H and O–H groups in total. The van der Waals surface area contributed by atoms with Gasteiger partial charge in [0, 0.05) is 38.4 Å². The highest BCUT2D eigenvalue weighted by molar-refractivity contribution is 5.92. The first-order valence-corrected chi connectivity index (χ1v) is 7.66. The molecule has 0 radical (unpaired) electrons. The van der Waals surface area contributed by atoms with Gasteiger partial charge in [0.15, 0.2) is 5.96 Å². The third kappa shape index (κ3) is 3.53. The molecule has 6 nitrogen and oxygen atoms in total. The van der Waals surface area contributed by atoms with E-state index in [1.807, 2.05) is 13.1 Å².